The number of hydrogen-bond acceptors (Lipinski definition) is 3. The monoisotopic (exact) mass is 351 g/mol. The molecule has 0 aliphatic rings. The smallest absolute Gasteiger partial charge is 0.276 e. The van der Waals surface area contributed by atoms with Crippen LogP contribution in [0.4, 0.5) is 0 Å². The molecule has 24 heavy (non-hydrogen) atoms. The Morgan fingerprint density at radius 1 is 1.21 bits per heavy atom. The predicted molar refractivity (Wildman–Crippen MR) is 102 cm³/mol. The highest BCUT2D eigenvalue weighted by Crippen LogP contribution is 2.24. The number of carbonyl (C=O) groups is 1. The van der Waals surface area contributed by atoms with Gasteiger partial charge in [-0.15, -0.1) is 0 Å². The first-order chi connectivity index (χ1) is 11.3. The van der Waals surface area contributed by atoms with Gasteiger partial charge in [0.25, 0.3) is 5.91 Å². The molecule has 1 amide bonds. The topological polar surface area (TPSA) is 62.4 Å². The zero-order valence-electron chi connectivity index (χ0n) is 15.2. The Kier molecular flexibility index (Phi) is 8.54. The molecule has 0 unspecified atom stereocenters. The van der Waals surface area contributed by atoms with Crippen LogP contribution in [0.1, 0.15) is 51.2 Å². The van der Waals surface area contributed by atoms with Gasteiger partial charge in [-0.1, -0.05) is 39.8 Å². The van der Waals surface area contributed by atoms with Gasteiger partial charge < -0.3 is 10.1 Å². The molecule has 6 heteroatoms. The molecule has 0 heterocycles. The number of amides is 1. The van der Waals surface area contributed by atoms with Crippen molar-refractivity contribution in [1.29, 1.82) is 0 Å². The van der Waals surface area contributed by atoms with Gasteiger partial charge >= 0.3 is 0 Å². The minimum Gasteiger partial charge on any atom is -0.483 e. The summed E-state index contributed by atoms with van der Waals surface area (Å²) < 4.78 is 5.62. The second-order valence-electron chi connectivity index (χ2n) is 6.58. The lowest BCUT2D eigenvalue weighted by atomic mass is 10.0. The molecular formula is C18H29N3O2S. The summed E-state index contributed by atoms with van der Waals surface area (Å²) in [6.45, 7) is 11.2. The first kappa shape index (κ1) is 20.2. The SMILES string of the molecule is Cc1ccc(C(C)C)cc1OCC(=O)NNC(=S)NCCC(C)C. The summed E-state index contributed by atoms with van der Waals surface area (Å²) in [5.74, 6) is 1.47. The van der Waals surface area contributed by atoms with Crippen molar-refractivity contribution < 1.29 is 9.53 Å². The maximum absolute atomic E-state index is 11.8. The molecule has 134 valence electrons. The third-order valence-electron chi connectivity index (χ3n) is 3.56. The van der Waals surface area contributed by atoms with Crippen molar-refractivity contribution in [2.24, 2.45) is 5.92 Å². The van der Waals surface area contributed by atoms with Gasteiger partial charge in [0.1, 0.15) is 5.75 Å². The van der Waals surface area contributed by atoms with Crippen LogP contribution in [0.3, 0.4) is 0 Å². The molecule has 0 spiro atoms. The van der Waals surface area contributed by atoms with E-state index in [-0.39, 0.29) is 12.5 Å². The molecule has 0 bridgehead atoms. The Morgan fingerprint density at radius 3 is 2.54 bits per heavy atom. The average Bonchev–Trinajstić information content (AvgIpc) is 2.51. The molecule has 0 saturated heterocycles. The summed E-state index contributed by atoms with van der Waals surface area (Å²) in [6.07, 6.45) is 1.02. The Balaban J connectivity index is 2.36. The van der Waals surface area contributed by atoms with Crippen molar-refractivity contribution in [3.05, 3.63) is 29.3 Å². The number of rotatable bonds is 7. The van der Waals surface area contributed by atoms with Crippen LogP contribution in [0.2, 0.25) is 0 Å². The summed E-state index contributed by atoms with van der Waals surface area (Å²) in [4.78, 5) is 11.8. The molecule has 0 aliphatic heterocycles. The molecule has 1 aromatic carbocycles. The van der Waals surface area contributed by atoms with E-state index in [1.165, 1.54) is 5.56 Å². The zero-order valence-corrected chi connectivity index (χ0v) is 16.0. The molecule has 1 rings (SSSR count). The van der Waals surface area contributed by atoms with Crippen molar-refractivity contribution in [1.82, 2.24) is 16.2 Å². The number of nitrogens with one attached hydrogen (secondary N) is 3. The zero-order chi connectivity index (χ0) is 18.1. The maximum Gasteiger partial charge on any atom is 0.276 e. The lowest BCUT2D eigenvalue weighted by molar-refractivity contribution is -0.123. The quantitative estimate of drug-likeness (QED) is 0.521. The Bertz CT molecular complexity index is 559. The van der Waals surface area contributed by atoms with Crippen molar-refractivity contribution in [3.63, 3.8) is 0 Å². The lowest BCUT2D eigenvalue weighted by Gasteiger charge is -2.14. The summed E-state index contributed by atoms with van der Waals surface area (Å²) in [7, 11) is 0. The molecule has 0 saturated carbocycles. The summed E-state index contributed by atoms with van der Waals surface area (Å²) in [5.41, 5.74) is 7.40. The molecule has 0 aliphatic carbocycles. The molecule has 3 N–H and O–H groups in total. The molecule has 0 radical (unpaired) electrons. The fourth-order valence-electron chi connectivity index (χ4n) is 1.96. The van der Waals surface area contributed by atoms with Crippen LogP contribution in [0.25, 0.3) is 0 Å². The van der Waals surface area contributed by atoms with E-state index in [9.17, 15) is 4.79 Å². The normalized spacial score (nSPS) is 10.6. The third kappa shape index (κ3) is 7.64. The fraction of sp³-hybridized carbons (Fsp3) is 0.556. The predicted octanol–water partition coefficient (Wildman–Crippen LogP) is 3.04. The largest absolute Gasteiger partial charge is 0.483 e. The number of benzene rings is 1. The standard InChI is InChI=1S/C18H29N3O2S/c1-12(2)8-9-19-18(24)21-20-17(22)11-23-16-10-15(13(3)4)7-6-14(16)5/h6-7,10,12-13H,8-9,11H2,1-5H3,(H,20,22)(H2,19,21,24). The molecule has 0 aromatic heterocycles. The highest BCUT2D eigenvalue weighted by molar-refractivity contribution is 7.80. The van der Waals surface area contributed by atoms with E-state index in [1.807, 2.05) is 19.1 Å². The van der Waals surface area contributed by atoms with Gasteiger partial charge in [0.05, 0.1) is 0 Å². The molecule has 0 atom stereocenters. The van der Waals surface area contributed by atoms with Crippen LogP contribution in [0.5, 0.6) is 5.75 Å². The minimum atomic E-state index is -0.280. The summed E-state index contributed by atoms with van der Waals surface area (Å²) >= 11 is 5.09. The highest BCUT2D eigenvalue weighted by atomic mass is 32.1. The number of thiocarbonyl (C=S) groups is 1. The summed E-state index contributed by atoms with van der Waals surface area (Å²) in [5, 5.41) is 3.44. The van der Waals surface area contributed by atoms with E-state index in [2.05, 4.69) is 49.9 Å². The van der Waals surface area contributed by atoms with Gasteiger partial charge in [-0.05, 0) is 54.6 Å². The van der Waals surface area contributed by atoms with E-state index >= 15 is 0 Å². The molecule has 5 nitrogen and oxygen atoms in total. The third-order valence-corrected chi connectivity index (χ3v) is 3.81. The Hall–Kier alpha value is -1.82. The van der Waals surface area contributed by atoms with Gasteiger partial charge in [0, 0.05) is 6.54 Å². The van der Waals surface area contributed by atoms with E-state index in [0.29, 0.717) is 16.9 Å². The van der Waals surface area contributed by atoms with Crippen LogP contribution < -0.4 is 20.9 Å². The Labute approximate surface area is 150 Å². The van der Waals surface area contributed by atoms with E-state index < -0.39 is 0 Å². The first-order valence-corrected chi connectivity index (χ1v) is 8.76. The van der Waals surface area contributed by atoms with E-state index in [0.717, 1.165) is 24.3 Å². The lowest BCUT2D eigenvalue weighted by Crippen LogP contribution is -2.48. The second kappa shape index (κ2) is 10.1. The van der Waals surface area contributed by atoms with Gasteiger partial charge in [-0.3, -0.25) is 15.6 Å². The molecule has 0 fully saturated rings. The van der Waals surface area contributed by atoms with Crippen LogP contribution in [-0.2, 0) is 4.79 Å². The van der Waals surface area contributed by atoms with Gasteiger partial charge in [-0.25, -0.2) is 0 Å². The van der Waals surface area contributed by atoms with Crippen LogP contribution in [0, 0.1) is 12.8 Å². The van der Waals surface area contributed by atoms with Crippen LogP contribution in [-0.4, -0.2) is 24.2 Å². The van der Waals surface area contributed by atoms with Gasteiger partial charge in [-0.2, -0.15) is 0 Å². The average molecular weight is 352 g/mol. The van der Waals surface area contributed by atoms with Crippen molar-refractivity contribution >= 4 is 23.2 Å². The second-order valence-corrected chi connectivity index (χ2v) is 6.99. The van der Waals surface area contributed by atoms with Crippen molar-refractivity contribution in [2.45, 2.75) is 47.0 Å². The number of hydrogen-bond donors (Lipinski definition) is 3. The summed E-state index contributed by atoms with van der Waals surface area (Å²) in [6, 6.07) is 6.07. The highest BCUT2D eigenvalue weighted by Gasteiger charge is 2.08. The number of carbonyl (C=O) groups excluding carboxylic acids is 1. The van der Waals surface area contributed by atoms with Crippen LogP contribution >= 0.6 is 12.2 Å². The Morgan fingerprint density at radius 2 is 1.92 bits per heavy atom. The molecule has 1 aromatic rings. The molecular weight excluding hydrogens is 322 g/mol. The maximum atomic E-state index is 11.8. The van der Waals surface area contributed by atoms with Gasteiger partial charge in [0.2, 0.25) is 0 Å². The first-order valence-electron chi connectivity index (χ1n) is 8.35. The van der Waals surface area contributed by atoms with E-state index in [1.54, 1.807) is 0 Å². The van der Waals surface area contributed by atoms with E-state index in [4.69, 9.17) is 17.0 Å². The number of ether oxygens (including phenoxy) is 1. The number of aryl methyl sites for hydroxylation is 1. The van der Waals surface area contributed by atoms with Crippen LogP contribution in [0.15, 0.2) is 18.2 Å². The fourth-order valence-corrected chi connectivity index (χ4v) is 2.11. The van der Waals surface area contributed by atoms with Gasteiger partial charge in [0.15, 0.2) is 11.7 Å². The van der Waals surface area contributed by atoms with Crippen molar-refractivity contribution in [3.8, 4) is 5.75 Å². The van der Waals surface area contributed by atoms with Crippen molar-refractivity contribution in [2.75, 3.05) is 13.2 Å². The minimum absolute atomic E-state index is 0.0655. The number of hydrazine groups is 1.